The fraction of sp³-hybridized carbons (Fsp3) is 0.481. The molecule has 7 rings (SSSR count). The molecule has 2 amide bonds. The van der Waals surface area contributed by atoms with E-state index in [2.05, 4.69) is 48.2 Å². The molecule has 0 radical (unpaired) electrons. The number of aromatic amines is 1. The molecule has 11 nitrogen and oxygen atoms in total. The lowest BCUT2D eigenvalue weighted by Crippen LogP contribution is -2.57. The first kappa shape index (κ1) is 24.9. The highest BCUT2D eigenvalue weighted by molar-refractivity contribution is 7.19. The third-order valence-electron chi connectivity index (χ3n) is 7.99. The number of carbonyl (C=O) groups is 1. The van der Waals surface area contributed by atoms with Crippen molar-refractivity contribution < 1.29 is 14.3 Å². The van der Waals surface area contributed by atoms with Crippen molar-refractivity contribution in [1.29, 1.82) is 0 Å². The molecule has 0 saturated carbocycles. The molecule has 3 fully saturated rings. The molecule has 4 aromatic rings. The van der Waals surface area contributed by atoms with Gasteiger partial charge >= 0.3 is 6.03 Å². The molecule has 6 heterocycles. The molecule has 2 unspecified atom stereocenters. The number of hydrogen-bond acceptors (Lipinski definition) is 9. The number of aromatic nitrogens is 4. The highest BCUT2D eigenvalue weighted by atomic mass is 32.1. The summed E-state index contributed by atoms with van der Waals surface area (Å²) in [5.41, 5.74) is 3.16. The Labute approximate surface area is 230 Å². The maximum Gasteiger partial charge on any atom is 0.320 e. The van der Waals surface area contributed by atoms with Crippen molar-refractivity contribution in [3.8, 4) is 0 Å². The van der Waals surface area contributed by atoms with Crippen molar-refractivity contribution in [2.75, 3.05) is 72.2 Å². The van der Waals surface area contributed by atoms with Gasteiger partial charge in [-0.05, 0) is 17.7 Å². The minimum atomic E-state index is -0.0547. The normalized spacial score (nSPS) is 22.5. The molecule has 39 heavy (non-hydrogen) atoms. The highest BCUT2D eigenvalue weighted by Crippen LogP contribution is 2.38. The van der Waals surface area contributed by atoms with E-state index in [1.807, 2.05) is 28.3 Å². The van der Waals surface area contributed by atoms with Gasteiger partial charge in [-0.15, -0.1) is 11.3 Å². The summed E-state index contributed by atoms with van der Waals surface area (Å²) in [7, 11) is 0. The summed E-state index contributed by atoms with van der Waals surface area (Å²) < 4.78 is 12.9. The average molecular weight is 549 g/mol. The van der Waals surface area contributed by atoms with Gasteiger partial charge < -0.3 is 19.3 Å². The van der Waals surface area contributed by atoms with Gasteiger partial charge in [0, 0.05) is 68.8 Å². The zero-order valence-electron chi connectivity index (χ0n) is 21.7. The minimum Gasteiger partial charge on any atom is -0.378 e. The second-order valence-corrected chi connectivity index (χ2v) is 11.3. The number of ether oxygens (including phenoxy) is 2. The number of hydrogen-bond donors (Lipinski definition) is 1. The Kier molecular flexibility index (Phi) is 6.87. The number of urea groups is 1. The van der Waals surface area contributed by atoms with Gasteiger partial charge in [0.05, 0.1) is 54.0 Å². The minimum absolute atomic E-state index is 0.0547. The van der Waals surface area contributed by atoms with Gasteiger partial charge in [-0.25, -0.2) is 14.8 Å². The van der Waals surface area contributed by atoms with Gasteiger partial charge in [0.1, 0.15) is 6.33 Å². The van der Waals surface area contributed by atoms with E-state index >= 15 is 0 Å². The zero-order chi connectivity index (χ0) is 26.2. The predicted molar refractivity (Wildman–Crippen MR) is 147 cm³/mol. The van der Waals surface area contributed by atoms with Gasteiger partial charge in [0.25, 0.3) is 0 Å². The van der Waals surface area contributed by atoms with Crippen LogP contribution in [0.4, 0.5) is 4.79 Å². The van der Waals surface area contributed by atoms with Gasteiger partial charge in [-0.2, -0.15) is 5.10 Å². The number of rotatable bonds is 4. The van der Waals surface area contributed by atoms with Crippen LogP contribution in [0.3, 0.4) is 0 Å². The Hall–Kier alpha value is -3.16. The predicted octanol–water partition coefficient (Wildman–Crippen LogP) is 2.71. The molecule has 1 aromatic carbocycles. The third-order valence-corrected chi connectivity index (χ3v) is 9.09. The van der Waals surface area contributed by atoms with Gasteiger partial charge in [0.2, 0.25) is 0 Å². The Morgan fingerprint density at radius 2 is 1.85 bits per heavy atom. The SMILES string of the molecule is O=C(N1CCOCC1)N1CCN(C(c2cc3ncncc3s2)N2CCOC(c3cccc4[nH]ncc34)C2)CC1. The van der Waals surface area contributed by atoms with E-state index in [4.69, 9.17) is 9.47 Å². The maximum absolute atomic E-state index is 13.1. The summed E-state index contributed by atoms with van der Waals surface area (Å²) in [6.45, 7) is 7.85. The van der Waals surface area contributed by atoms with Gasteiger partial charge in [-0.1, -0.05) is 12.1 Å². The first-order valence-corrected chi connectivity index (χ1v) is 14.4. The molecule has 1 N–H and O–H groups in total. The number of thiophene rings is 1. The molecule has 3 aliphatic rings. The Balaban J connectivity index is 1.15. The molecule has 204 valence electrons. The summed E-state index contributed by atoms with van der Waals surface area (Å²) in [6.07, 6.45) is 5.41. The summed E-state index contributed by atoms with van der Waals surface area (Å²) in [6, 6.07) is 8.59. The second kappa shape index (κ2) is 10.8. The van der Waals surface area contributed by atoms with E-state index < -0.39 is 0 Å². The first-order valence-electron chi connectivity index (χ1n) is 13.6. The number of fused-ring (bicyclic) bond motifs is 2. The topological polar surface area (TPSA) is 103 Å². The summed E-state index contributed by atoms with van der Waals surface area (Å²) in [4.78, 5) is 32.1. The maximum atomic E-state index is 13.1. The first-order chi connectivity index (χ1) is 19.2. The standard InChI is InChI=1S/C27H32N8O3S/c36-27(34-8-11-37-12-9-34)33-6-4-32(5-7-33)26(24-14-22-25(39-24)16-28-18-29-22)35-10-13-38-23(17-35)19-2-1-3-21-20(19)15-30-31-21/h1-3,14-16,18,23,26H,4-13,17H2,(H,30,31). The number of nitrogens with one attached hydrogen (secondary N) is 1. The molecule has 3 saturated heterocycles. The number of piperazine rings is 1. The van der Waals surface area contributed by atoms with Crippen molar-refractivity contribution in [2.24, 2.45) is 0 Å². The van der Waals surface area contributed by atoms with Crippen LogP contribution in [-0.2, 0) is 9.47 Å². The van der Waals surface area contributed by atoms with E-state index in [1.54, 1.807) is 17.7 Å². The smallest absolute Gasteiger partial charge is 0.320 e. The molecule has 0 spiro atoms. The van der Waals surface area contributed by atoms with Crippen LogP contribution in [0.15, 0.2) is 43.0 Å². The van der Waals surface area contributed by atoms with E-state index in [0.29, 0.717) is 46.0 Å². The number of H-pyrrole nitrogens is 1. The molecular weight excluding hydrogens is 516 g/mol. The van der Waals surface area contributed by atoms with Crippen LogP contribution in [0, 0.1) is 0 Å². The van der Waals surface area contributed by atoms with Crippen molar-refractivity contribution >= 4 is 38.5 Å². The number of morpholine rings is 2. The van der Waals surface area contributed by atoms with Crippen molar-refractivity contribution in [3.05, 3.63) is 53.4 Å². The molecule has 3 aromatic heterocycles. The van der Waals surface area contributed by atoms with Crippen molar-refractivity contribution in [2.45, 2.75) is 12.3 Å². The number of benzene rings is 1. The van der Waals surface area contributed by atoms with Crippen LogP contribution >= 0.6 is 11.3 Å². The van der Waals surface area contributed by atoms with Crippen LogP contribution in [0.5, 0.6) is 0 Å². The molecule has 3 aliphatic heterocycles. The molecule has 2 atom stereocenters. The lowest BCUT2D eigenvalue weighted by atomic mass is 10.0. The molecular formula is C27H32N8O3S. The third kappa shape index (κ3) is 4.87. The summed E-state index contributed by atoms with van der Waals surface area (Å²) in [5, 5.41) is 8.44. The molecule has 12 heteroatoms. The highest BCUT2D eigenvalue weighted by Gasteiger charge is 2.36. The number of nitrogens with zero attached hydrogens (tertiary/aromatic N) is 7. The van der Waals surface area contributed by atoms with Crippen LogP contribution in [0.25, 0.3) is 21.1 Å². The Bertz CT molecular complexity index is 1410. The quantitative estimate of drug-likeness (QED) is 0.415. The van der Waals surface area contributed by atoms with Crippen molar-refractivity contribution in [3.63, 3.8) is 0 Å². The largest absolute Gasteiger partial charge is 0.378 e. The van der Waals surface area contributed by atoms with E-state index in [9.17, 15) is 4.79 Å². The number of amides is 2. The van der Waals surface area contributed by atoms with Crippen LogP contribution in [0.2, 0.25) is 0 Å². The lowest BCUT2D eigenvalue weighted by Gasteiger charge is -2.46. The molecule has 0 aliphatic carbocycles. The molecule has 0 bridgehead atoms. The zero-order valence-corrected chi connectivity index (χ0v) is 22.6. The van der Waals surface area contributed by atoms with Gasteiger partial charge in [-0.3, -0.25) is 14.9 Å². The van der Waals surface area contributed by atoms with E-state index in [1.165, 1.54) is 4.88 Å². The second-order valence-electron chi connectivity index (χ2n) is 10.2. The Morgan fingerprint density at radius 1 is 1.00 bits per heavy atom. The van der Waals surface area contributed by atoms with Crippen molar-refractivity contribution in [1.82, 2.24) is 39.8 Å². The summed E-state index contributed by atoms with van der Waals surface area (Å²) in [5.74, 6) is 0. The van der Waals surface area contributed by atoms with E-state index in [-0.39, 0.29) is 18.3 Å². The van der Waals surface area contributed by atoms with Crippen LogP contribution in [-0.4, -0.2) is 118 Å². The van der Waals surface area contributed by atoms with Gasteiger partial charge in [0.15, 0.2) is 0 Å². The fourth-order valence-electron chi connectivity index (χ4n) is 5.99. The lowest BCUT2D eigenvalue weighted by molar-refractivity contribution is -0.0826. The monoisotopic (exact) mass is 548 g/mol. The fourth-order valence-corrected chi connectivity index (χ4v) is 7.14. The Morgan fingerprint density at radius 3 is 2.69 bits per heavy atom. The number of carbonyl (C=O) groups excluding carboxylic acids is 1. The van der Waals surface area contributed by atoms with Crippen LogP contribution < -0.4 is 0 Å². The van der Waals surface area contributed by atoms with E-state index in [0.717, 1.165) is 52.9 Å². The summed E-state index contributed by atoms with van der Waals surface area (Å²) >= 11 is 1.76. The van der Waals surface area contributed by atoms with Crippen LogP contribution in [0.1, 0.15) is 22.7 Å². The average Bonchev–Trinajstić information content (AvgIpc) is 3.65.